The number of urea groups is 1. The van der Waals surface area contributed by atoms with Gasteiger partial charge in [0.05, 0.1) is 17.1 Å². The van der Waals surface area contributed by atoms with Crippen molar-refractivity contribution in [1.82, 2.24) is 20.3 Å². The molecule has 0 aliphatic carbocycles. The largest absolute Gasteiger partial charge is 0.508 e. The van der Waals surface area contributed by atoms with Crippen LogP contribution in [0.2, 0.25) is 5.02 Å². The van der Waals surface area contributed by atoms with Crippen LogP contribution in [0.1, 0.15) is 34.0 Å². The summed E-state index contributed by atoms with van der Waals surface area (Å²) in [4.78, 5) is 35.4. The first-order valence-corrected chi connectivity index (χ1v) is 13.9. The Kier molecular flexibility index (Phi) is 7.37. The summed E-state index contributed by atoms with van der Waals surface area (Å²) in [6, 6.07) is 22.8. The zero-order valence-electron chi connectivity index (χ0n) is 22.8. The SMILES string of the molecule is C[C@@H]1Cc2ccccc2CN1C(=O)c1ccc(Cl)cc1C1=CC=CN(C(=O)N(c2ccncc2)c2ccc(O)cc2)N1. The Morgan fingerprint density at radius 2 is 1.69 bits per heavy atom. The predicted molar refractivity (Wildman–Crippen MR) is 163 cm³/mol. The summed E-state index contributed by atoms with van der Waals surface area (Å²) in [7, 11) is 0. The molecule has 0 radical (unpaired) electrons. The average Bonchev–Trinajstić information content (AvgIpc) is 3.02. The maximum Gasteiger partial charge on any atom is 0.351 e. The van der Waals surface area contributed by atoms with Crippen molar-refractivity contribution >= 4 is 40.6 Å². The minimum Gasteiger partial charge on any atom is -0.508 e. The summed E-state index contributed by atoms with van der Waals surface area (Å²) < 4.78 is 0. The number of carbonyl (C=O) groups excluding carboxylic acids is 2. The number of hydrazine groups is 1. The molecule has 1 atom stereocenters. The topological polar surface area (TPSA) is 89.0 Å². The van der Waals surface area contributed by atoms with E-state index in [1.807, 2.05) is 17.0 Å². The highest BCUT2D eigenvalue weighted by Gasteiger charge is 2.31. The van der Waals surface area contributed by atoms with Crippen molar-refractivity contribution in [2.24, 2.45) is 0 Å². The van der Waals surface area contributed by atoms with Gasteiger partial charge >= 0.3 is 6.03 Å². The maximum absolute atomic E-state index is 14.0. The highest BCUT2D eigenvalue weighted by atomic mass is 35.5. The lowest BCUT2D eigenvalue weighted by molar-refractivity contribution is 0.0658. The van der Waals surface area contributed by atoms with Gasteiger partial charge in [0.2, 0.25) is 0 Å². The minimum absolute atomic E-state index is 0.0152. The van der Waals surface area contributed by atoms with E-state index in [0.29, 0.717) is 39.8 Å². The van der Waals surface area contributed by atoms with Crippen molar-refractivity contribution < 1.29 is 14.7 Å². The van der Waals surface area contributed by atoms with Gasteiger partial charge in [0.1, 0.15) is 5.75 Å². The van der Waals surface area contributed by atoms with E-state index in [0.717, 1.165) is 12.0 Å². The summed E-state index contributed by atoms with van der Waals surface area (Å²) in [6.07, 6.45) is 9.13. The molecule has 42 heavy (non-hydrogen) atoms. The van der Waals surface area contributed by atoms with Crippen molar-refractivity contribution in [3.05, 3.63) is 137 Å². The molecule has 2 aliphatic rings. The zero-order chi connectivity index (χ0) is 29.2. The molecule has 2 N–H and O–H groups in total. The van der Waals surface area contributed by atoms with Crippen molar-refractivity contribution in [1.29, 1.82) is 0 Å². The summed E-state index contributed by atoms with van der Waals surface area (Å²) in [5.41, 5.74) is 8.32. The number of anilines is 2. The molecule has 3 heterocycles. The molecule has 2 aliphatic heterocycles. The Hall–Kier alpha value is -5.08. The van der Waals surface area contributed by atoms with Crippen LogP contribution < -0.4 is 10.3 Å². The predicted octanol–water partition coefficient (Wildman–Crippen LogP) is 6.66. The van der Waals surface area contributed by atoms with Gasteiger partial charge in [-0.15, -0.1) is 0 Å². The molecule has 0 saturated heterocycles. The van der Waals surface area contributed by atoms with E-state index in [1.165, 1.54) is 27.6 Å². The third kappa shape index (κ3) is 5.32. The van der Waals surface area contributed by atoms with E-state index in [2.05, 4.69) is 29.5 Å². The fourth-order valence-corrected chi connectivity index (χ4v) is 5.47. The molecule has 9 heteroatoms. The van der Waals surface area contributed by atoms with Crippen molar-refractivity contribution in [3.8, 4) is 5.75 Å². The second-order valence-electron chi connectivity index (χ2n) is 10.2. The molecule has 0 unspecified atom stereocenters. The van der Waals surface area contributed by atoms with E-state index in [1.54, 1.807) is 73.2 Å². The van der Waals surface area contributed by atoms with Crippen LogP contribution >= 0.6 is 11.6 Å². The van der Waals surface area contributed by atoms with E-state index in [4.69, 9.17) is 11.6 Å². The number of amides is 3. The molecule has 0 fully saturated rings. The quantitative estimate of drug-likeness (QED) is 0.283. The van der Waals surface area contributed by atoms with Crippen LogP contribution in [-0.4, -0.2) is 38.0 Å². The van der Waals surface area contributed by atoms with Crippen molar-refractivity contribution in [2.75, 3.05) is 4.90 Å². The zero-order valence-corrected chi connectivity index (χ0v) is 23.6. The Balaban J connectivity index is 1.30. The number of nitrogens with zero attached hydrogens (tertiary/aromatic N) is 4. The molecule has 0 bridgehead atoms. The first kappa shape index (κ1) is 27.1. The van der Waals surface area contributed by atoms with E-state index in [9.17, 15) is 14.7 Å². The molecule has 0 spiro atoms. The maximum atomic E-state index is 14.0. The number of nitrogens with one attached hydrogen (secondary N) is 1. The van der Waals surface area contributed by atoms with Crippen LogP contribution in [-0.2, 0) is 13.0 Å². The van der Waals surface area contributed by atoms with Crippen LogP contribution in [0.3, 0.4) is 0 Å². The lowest BCUT2D eigenvalue weighted by Crippen LogP contribution is -2.46. The second kappa shape index (κ2) is 11.4. The van der Waals surface area contributed by atoms with Crippen molar-refractivity contribution in [2.45, 2.75) is 25.9 Å². The lowest BCUT2D eigenvalue weighted by Gasteiger charge is -2.36. The normalized spacial score (nSPS) is 15.9. The van der Waals surface area contributed by atoms with E-state index >= 15 is 0 Å². The average molecular weight is 578 g/mol. The highest BCUT2D eigenvalue weighted by molar-refractivity contribution is 6.31. The smallest absolute Gasteiger partial charge is 0.351 e. The number of benzene rings is 3. The second-order valence-corrected chi connectivity index (χ2v) is 10.6. The Labute approximate surface area is 248 Å². The van der Waals surface area contributed by atoms with Crippen LogP contribution in [0.4, 0.5) is 16.2 Å². The Morgan fingerprint density at radius 3 is 2.45 bits per heavy atom. The van der Waals surface area contributed by atoms with Gasteiger partial charge in [0.15, 0.2) is 0 Å². The monoisotopic (exact) mass is 577 g/mol. The number of phenolic OH excluding ortho intramolecular Hbond substituents is 1. The standard InChI is InChI=1S/C33H28ClN5O3/c1-22-19-23-5-2-3-6-24(23)21-37(22)32(41)29-13-8-25(34)20-30(29)31-7-4-18-38(36-31)33(42)39(27-14-16-35-17-15-27)26-9-11-28(40)12-10-26/h2-18,20,22,36,40H,19,21H2,1H3/t22-/m1/s1. The molecule has 4 aromatic rings. The molecule has 210 valence electrons. The molecule has 6 rings (SSSR count). The summed E-state index contributed by atoms with van der Waals surface area (Å²) in [5.74, 6) is -0.0203. The fraction of sp³-hybridized carbons (Fsp3) is 0.121. The van der Waals surface area contributed by atoms with Gasteiger partial charge < -0.3 is 10.0 Å². The number of carbonyl (C=O) groups is 2. The van der Waals surface area contributed by atoms with Crippen LogP contribution in [0, 0.1) is 0 Å². The molecule has 1 aromatic heterocycles. The number of aromatic nitrogens is 1. The molecule has 8 nitrogen and oxygen atoms in total. The van der Waals surface area contributed by atoms with Gasteiger partial charge in [0, 0.05) is 47.3 Å². The molecular formula is C33H28ClN5O3. The van der Waals surface area contributed by atoms with Gasteiger partial charge in [-0.25, -0.2) is 9.80 Å². The number of pyridine rings is 1. The number of rotatable bonds is 4. The number of allylic oxidation sites excluding steroid dienone is 2. The van der Waals surface area contributed by atoms with E-state index < -0.39 is 6.03 Å². The number of aromatic hydroxyl groups is 1. The van der Waals surface area contributed by atoms with Crippen LogP contribution in [0.25, 0.3) is 5.70 Å². The van der Waals surface area contributed by atoms with Gasteiger partial charge in [-0.1, -0.05) is 35.9 Å². The number of phenols is 1. The van der Waals surface area contributed by atoms with Gasteiger partial charge in [0.25, 0.3) is 5.91 Å². The molecular weight excluding hydrogens is 550 g/mol. The summed E-state index contributed by atoms with van der Waals surface area (Å²) >= 11 is 6.43. The lowest BCUT2D eigenvalue weighted by atomic mass is 9.93. The first-order chi connectivity index (χ1) is 20.4. The minimum atomic E-state index is -0.412. The fourth-order valence-electron chi connectivity index (χ4n) is 5.29. The Bertz CT molecular complexity index is 1700. The Morgan fingerprint density at radius 1 is 0.976 bits per heavy atom. The number of hydrogen-bond acceptors (Lipinski definition) is 5. The number of halogens is 1. The molecule has 3 amide bonds. The summed E-state index contributed by atoms with van der Waals surface area (Å²) in [5, 5.41) is 11.6. The van der Waals surface area contributed by atoms with Crippen LogP contribution in [0.15, 0.2) is 110 Å². The van der Waals surface area contributed by atoms with Gasteiger partial charge in [-0.2, -0.15) is 0 Å². The van der Waals surface area contributed by atoms with Gasteiger partial charge in [-0.3, -0.25) is 20.1 Å². The number of hydrogen-bond donors (Lipinski definition) is 2. The summed E-state index contributed by atoms with van der Waals surface area (Å²) in [6.45, 7) is 2.57. The van der Waals surface area contributed by atoms with E-state index in [-0.39, 0.29) is 17.7 Å². The third-order valence-corrected chi connectivity index (χ3v) is 7.67. The first-order valence-electron chi connectivity index (χ1n) is 13.5. The van der Waals surface area contributed by atoms with Crippen LogP contribution in [0.5, 0.6) is 5.75 Å². The van der Waals surface area contributed by atoms with Crippen molar-refractivity contribution in [3.63, 3.8) is 0 Å². The number of fused-ring (bicyclic) bond motifs is 1. The van der Waals surface area contributed by atoms with Gasteiger partial charge in [-0.05, 0) is 91.2 Å². The molecule has 3 aromatic carbocycles. The highest BCUT2D eigenvalue weighted by Crippen LogP contribution is 2.31. The third-order valence-electron chi connectivity index (χ3n) is 7.43. The molecule has 0 saturated carbocycles.